The Morgan fingerprint density at radius 2 is 1.43 bits per heavy atom. The molecule has 0 aliphatic heterocycles. The fourth-order valence-electron chi connectivity index (χ4n) is 3.16. The van der Waals surface area contributed by atoms with E-state index in [4.69, 9.17) is 5.11 Å². The summed E-state index contributed by atoms with van der Waals surface area (Å²) in [6, 6.07) is 20.5. The van der Waals surface area contributed by atoms with Gasteiger partial charge in [0, 0.05) is 11.8 Å². The van der Waals surface area contributed by atoms with Gasteiger partial charge in [0.1, 0.15) is 5.76 Å². The number of Topliss-reactive ketones (excluding diaryl/α,β-unsaturated/α-hetero) is 1. The summed E-state index contributed by atoms with van der Waals surface area (Å²) in [5.74, 6) is -3.57. The van der Waals surface area contributed by atoms with Crippen molar-refractivity contribution >= 4 is 17.5 Å². The van der Waals surface area contributed by atoms with Crippen molar-refractivity contribution in [3.8, 4) is 0 Å². The van der Waals surface area contributed by atoms with Gasteiger partial charge in [-0.3, -0.25) is 9.59 Å². The molecule has 0 saturated heterocycles. The molecule has 1 aromatic heterocycles. The Labute approximate surface area is 173 Å². The molecule has 0 atom stereocenters. The highest BCUT2D eigenvalue weighted by Crippen LogP contribution is 2.18. The number of hydrogen-bond acceptors (Lipinski definition) is 4. The summed E-state index contributed by atoms with van der Waals surface area (Å²) >= 11 is 0. The number of aliphatic carboxylic acids is 1. The molecule has 0 amide bonds. The maximum Gasteiger partial charge on any atom is 0.377 e. The highest BCUT2D eigenvalue weighted by molar-refractivity contribution is 6.40. The van der Waals surface area contributed by atoms with Crippen LogP contribution in [0.5, 0.6) is 0 Å². The number of carboxylic acids is 1. The summed E-state index contributed by atoms with van der Waals surface area (Å²) in [6.07, 6.45) is 2.22. The van der Waals surface area contributed by atoms with Crippen LogP contribution < -0.4 is 5.56 Å². The van der Waals surface area contributed by atoms with Crippen LogP contribution in [0.1, 0.15) is 29.2 Å². The zero-order valence-electron chi connectivity index (χ0n) is 16.4. The number of carboxylic acid groups (broad SMARTS) is 1. The fourth-order valence-corrected chi connectivity index (χ4v) is 3.16. The average molecular weight is 403 g/mol. The van der Waals surface area contributed by atoms with Gasteiger partial charge in [-0.1, -0.05) is 60.7 Å². The van der Waals surface area contributed by atoms with Crippen LogP contribution in [-0.4, -0.2) is 26.5 Å². The van der Waals surface area contributed by atoms with Crippen molar-refractivity contribution in [3.63, 3.8) is 0 Å². The van der Waals surface area contributed by atoms with Crippen LogP contribution in [-0.2, 0) is 22.6 Å². The summed E-state index contributed by atoms with van der Waals surface area (Å²) in [7, 11) is 0. The van der Waals surface area contributed by atoms with Crippen molar-refractivity contribution in [2.75, 3.05) is 0 Å². The lowest BCUT2D eigenvalue weighted by Crippen LogP contribution is -2.25. The highest BCUT2D eigenvalue weighted by atomic mass is 16.4. The van der Waals surface area contributed by atoms with E-state index in [1.807, 2.05) is 60.7 Å². The number of aliphatic hydroxyl groups excluding tert-OH is 1. The van der Waals surface area contributed by atoms with Crippen LogP contribution in [0.2, 0.25) is 0 Å². The molecule has 6 heteroatoms. The summed E-state index contributed by atoms with van der Waals surface area (Å²) in [5.41, 5.74) is 1.65. The van der Waals surface area contributed by atoms with Gasteiger partial charge >= 0.3 is 5.97 Å². The molecule has 3 rings (SSSR count). The minimum absolute atomic E-state index is 0.105. The first kappa shape index (κ1) is 20.8. The van der Waals surface area contributed by atoms with Gasteiger partial charge < -0.3 is 14.8 Å². The molecule has 0 fully saturated rings. The Morgan fingerprint density at radius 1 is 0.867 bits per heavy atom. The summed E-state index contributed by atoms with van der Waals surface area (Å²) in [5, 5.41) is 19.5. The van der Waals surface area contributed by atoms with E-state index >= 15 is 0 Å². The molecule has 2 N–H and O–H groups in total. The fraction of sp³-hybridized carbons (Fsp3) is 0.125. The normalized spacial score (nSPS) is 11.6. The number of hydrogen-bond donors (Lipinski definition) is 2. The molecular weight excluding hydrogens is 382 g/mol. The van der Waals surface area contributed by atoms with E-state index in [0.717, 1.165) is 16.7 Å². The lowest BCUT2D eigenvalue weighted by Gasteiger charge is -2.13. The Balaban J connectivity index is 2.12. The Kier molecular flexibility index (Phi) is 6.27. The zero-order chi connectivity index (χ0) is 21.7. The van der Waals surface area contributed by atoms with Gasteiger partial charge in [-0.2, -0.15) is 0 Å². The van der Waals surface area contributed by atoms with Gasteiger partial charge in [-0.25, -0.2) is 4.79 Å². The molecule has 0 radical (unpaired) electrons. The van der Waals surface area contributed by atoms with Gasteiger partial charge in [0.15, 0.2) is 0 Å². The number of carbonyl (C=O) groups is 2. The van der Waals surface area contributed by atoms with E-state index in [1.54, 1.807) is 6.20 Å². The van der Waals surface area contributed by atoms with Crippen molar-refractivity contribution in [1.29, 1.82) is 0 Å². The Morgan fingerprint density at radius 3 is 2.00 bits per heavy atom. The molecule has 152 valence electrons. The minimum Gasteiger partial charge on any atom is -0.507 e. The summed E-state index contributed by atoms with van der Waals surface area (Å²) < 4.78 is 1.46. The summed E-state index contributed by atoms with van der Waals surface area (Å²) in [6.45, 7) is 1.46. The van der Waals surface area contributed by atoms with Crippen molar-refractivity contribution < 1.29 is 19.8 Å². The van der Waals surface area contributed by atoms with Gasteiger partial charge in [0.05, 0.1) is 12.1 Å². The maximum atomic E-state index is 13.0. The molecule has 0 bridgehead atoms. The topological polar surface area (TPSA) is 96.6 Å². The predicted molar refractivity (Wildman–Crippen MR) is 113 cm³/mol. The number of aromatic nitrogens is 1. The second kappa shape index (κ2) is 9.05. The number of rotatable bonds is 7. The Hall–Kier alpha value is -3.93. The Bertz CT molecular complexity index is 1160. The van der Waals surface area contributed by atoms with E-state index in [1.165, 1.54) is 17.6 Å². The van der Waals surface area contributed by atoms with Gasteiger partial charge in [0.2, 0.25) is 0 Å². The van der Waals surface area contributed by atoms with Crippen molar-refractivity contribution in [3.05, 3.63) is 111 Å². The molecule has 30 heavy (non-hydrogen) atoms. The standard InChI is InChI=1S/C24H21NO5/c1-16(22(27)24(29)30)21(26)20-13-19(12-17-8-4-2-5-9-17)15-25(23(20)28)14-18-10-6-3-7-11-18/h2-11,13,15,26H,12,14H2,1H3,(H,29,30). The minimum atomic E-state index is -1.69. The molecule has 0 aliphatic carbocycles. The first-order valence-electron chi connectivity index (χ1n) is 9.36. The monoisotopic (exact) mass is 403 g/mol. The quantitative estimate of drug-likeness (QED) is 0.358. The highest BCUT2D eigenvalue weighted by Gasteiger charge is 2.21. The van der Waals surface area contributed by atoms with Crippen LogP contribution in [0.25, 0.3) is 5.76 Å². The number of carbonyl (C=O) groups excluding carboxylic acids is 1. The molecule has 0 unspecified atom stereocenters. The van der Waals surface area contributed by atoms with Crippen LogP contribution in [0.3, 0.4) is 0 Å². The number of benzene rings is 2. The molecule has 1 heterocycles. The molecule has 2 aromatic carbocycles. The molecule has 6 nitrogen and oxygen atoms in total. The smallest absolute Gasteiger partial charge is 0.377 e. The van der Waals surface area contributed by atoms with E-state index in [2.05, 4.69) is 0 Å². The van der Waals surface area contributed by atoms with Crippen molar-refractivity contribution in [2.24, 2.45) is 0 Å². The molecule has 0 spiro atoms. The maximum absolute atomic E-state index is 13.0. The average Bonchev–Trinajstić information content (AvgIpc) is 2.75. The first-order valence-corrected chi connectivity index (χ1v) is 9.36. The number of ketones is 1. The van der Waals surface area contributed by atoms with Crippen LogP contribution in [0, 0.1) is 0 Å². The zero-order valence-corrected chi connectivity index (χ0v) is 16.4. The van der Waals surface area contributed by atoms with Crippen LogP contribution in [0.15, 0.2) is 83.3 Å². The molecule has 0 aliphatic rings. The molecule has 0 saturated carbocycles. The van der Waals surface area contributed by atoms with Crippen LogP contribution in [0.4, 0.5) is 0 Å². The lowest BCUT2D eigenvalue weighted by atomic mass is 10.0. The van der Waals surface area contributed by atoms with Gasteiger partial charge in [0.25, 0.3) is 11.3 Å². The third kappa shape index (κ3) is 4.72. The SMILES string of the molecule is CC(C(=O)C(=O)O)=C(O)c1cc(Cc2ccccc2)cn(Cc2ccccc2)c1=O. The molecule has 3 aromatic rings. The van der Waals surface area contributed by atoms with Crippen LogP contribution >= 0.6 is 0 Å². The summed E-state index contributed by atoms with van der Waals surface area (Å²) in [4.78, 5) is 35.8. The second-order valence-corrected chi connectivity index (χ2v) is 6.95. The number of pyridine rings is 1. The van der Waals surface area contributed by atoms with Crippen molar-refractivity contribution in [2.45, 2.75) is 19.9 Å². The first-order chi connectivity index (χ1) is 14.4. The lowest BCUT2D eigenvalue weighted by molar-refractivity contribution is -0.147. The van der Waals surface area contributed by atoms with Crippen molar-refractivity contribution in [1.82, 2.24) is 4.57 Å². The second-order valence-electron chi connectivity index (χ2n) is 6.95. The number of nitrogens with zero attached hydrogens (tertiary/aromatic N) is 1. The third-order valence-corrected chi connectivity index (χ3v) is 4.73. The predicted octanol–water partition coefficient (Wildman–Crippen LogP) is 3.43. The molecular formula is C24H21NO5. The van der Waals surface area contributed by atoms with Gasteiger partial charge in [-0.05, 0) is 36.1 Å². The van der Waals surface area contributed by atoms with Gasteiger partial charge in [-0.15, -0.1) is 0 Å². The van der Waals surface area contributed by atoms with E-state index in [9.17, 15) is 19.5 Å². The van der Waals surface area contributed by atoms with E-state index in [-0.39, 0.29) is 17.7 Å². The third-order valence-electron chi connectivity index (χ3n) is 4.73. The number of aliphatic hydroxyl groups is 1. The van der Waals surface area contributed by atoms with E-state index in [0.29, 0.717) is 6.42 Å². The largest absolute Gasteiger partial charge is 0.507 e. The van der Waals surface area contributed by atoms with E-state index < -0.39 is 23.1 Å².